The molecular weight excluding hydrogens is 282 g/mol. The Bertz CT molecular complexity index is 354. The van der Waals surface area contributed by atoms with Crippen LogP contribution in [0.5, 0.6) is 0 Å². The Morgan fingerprint density at radius 1 is 1.50 bits per heavy atom. The summed E-state index contributed by atoms with van der Waals surface area (Å²) in [5.41, 5.74) is 3.00. The molecule has 0 heterocycles. The Morgan fingerprint density at radius 2 is 2.38 bits per heavy atom. The summed E-state index contributed by atoms with van der Waals surface area (Å²) in [7, 11) is 0. The number of hydrogen-bond donors (Lipinski definition) is 1. The summed E-state index contributed by atoms with van der Waals surface area (Å²) in [6.45, 7) is 1.14. The van der Waals surface area contributed by atoms with Gasteiger partial charge in [-0.1, -0.05) is 28.1 Å². The summed E-state index contributed by atoms with van der Waals surface area (Å²) in [4.78, 5) is 0. The average Bonchev–Trinajstić information content (AvgIpc) is 2.70. The fourth-order valence-corrected chi connectivity index (χ4v) is 3.33. The van der Waals surface area contributed by atoms with E-state index in [1.807, 2.05) is 11.8 Å². The molecule has 0 aromatic heterocycles. The highest BCUT2D eigenvalue weighted by Gasteiger charge is 2.22. The van der Waals surface area contributed by atoms with E-state index < -0.39 is 0 Å². The van der Waals surface area contributed by atoms with E-state index in [4.69, 9.17) is 0 Å². The van der Waals surface area contributed by atoms with Crippen LogP contribution in [0.25, 0.3) is 0 Å². The summed E-state index contributed by atoms with van der Waals surface area (Å²) in [5, 5.41) is 3.67. The molecule has 0 amide bonds. The van der Waals surface area contributed by atoms with Crippen molar-refractivity contribution in [2.45, 2.75) is 25.3 Å². The molecule has 1 N–H and O–H groups in total. The Balaban J connectivity index is 1.93. The molecule has 0 aliphatic heterocycles. The molecule has 1 aliphatic carbocycles. The van der Waals surface area contributed by atoms with Crippen molar-refractivity contribution in [3.05, 3.63) is 33.8 Å². The Labute approximate surface area is 111 Å². The van der Waals surface area contributed by atoms with Gasteiger partial charge in [-0.3, -0.25) is 0 Å². The van der Waals surface area contributed by atoms with Crippen LogP contribution in [-0.2, 0) is 6.42 Å². The predicted molar refractivity (Wildman–Crippen MR) is 76.2 cm³/mol. The molecular formula is C13H18BrNS. The Hall–Kier alpha value is 0.0100. The molecule has 1 nitrogen and oxygen atoms in total. The maximum Gasteiger partial charge on any atom is 0.0326 e. The van der Waals surface area contributed by atoms with Gasteiger partial charge in [0.1, 0.15) is 0 Å². The minimum Gasteiger partial charge on any atom is -0.310 e. The van der Waals surface area contributed by atoms with Gasteiger partial charge in [0.15, 0.2) is 0 Å². The van der Waals surface area contributed by atoms with Crippen LogP contribution in [-0.4, -0.2) is 18.6 Å². The lowest BCUT2D eigenvalue weighted by Crippen LogP contribution is -2.20. The molecule has 1 unspecified atom stereocenters. The molecule has 1 aromatic rings. The number of benzene rings is 1. The minimum absolute atomic E-state index is 0.578. The molecule has 0 fully saturated rings. The fourth-order valence-electron chi connectivity index (χ4n) is 2.31. The average molecular weight is 300 g/mol. The third kappa shape index (κ3) is 2.82. The lowest BCUT2D eigenvalue weighted by atomic mass is 10.1. The first-order valence-corrected chi connectivity index (χ1v) is 8.01. The lowest BCUT2D eigenvalue weighted by molar-refractivity contribution is 0.530. The highest BCUT2D eigenvalue weighted by molar-refractivity contribution is 9.10. The normalized spacial score (nSPS) is 18.8. The zero-order valence-electron chi connectivity index (χ0n) is 9.63. The summed E-state index contributed by atoms with van der Waals surface area (Å²) in [5.74, 6) is 1.26. The van der Waals surface area contributed by atoms with Crippen LogP contribution in [0.3, 0.4) is 0 Å². The van der Waals surface area contributed by atoms with Gasteiger partial charge in [0.05, 0.1) is 0 Å². The number of rotatable bonds is 5. The second kappa shape index (κ2) is 6.08. The maximum absolute atomic E-state index is 3.67. The zero-order chi connectivity index (χ0) is 11.4. The number of hydrogen-bond acceptors (Lipinski definition) is 2. The van der Waals surface area contributed by atoms with Gasteiger partial charge in [0, 0.05) is 10.5 Å². The van der Waals surface area contributed by atoms with Gasteiger partial charge in [-0.15, -0.1) is 0 Å². The van der Waals surface area contributed by atoms with E-state index in [-0.39, 0.29) is 0 Å². The Kier molecular flexibility index (Phi) is 4.74. The quantitative estimate of drug-likeness (QED) is 0.831. The van der Waals surface area contributed by atoms with Crippen molar-refractivity contribution >= 4 is 27.7 Å². The fraction of sp³-hybridized carbons (Fsp3) is 0.538. The topological polar surface area (TPSA) is 12.0 Å². The summed E-state index contributed by atoms with van der Waals surface area (Å²) in [6, 6.07) is 7.13. The third-order valence-electron chi connectivity index (χ3n) is 3.13. The zero-order valence-corrected chi connectivity index (χ0v) is 12.0. The van der Waals surface area contributed by atoms with Crippen molar-refractivity contribution in [3.63, 3.8) is 0 Å². The van der Waals surface area contributed by atoms with Crippen LogP contribution in [0, 0.1) is 0 Å². The van der Waals surface area contributed by atoms with Gasteiger partial charge in [0.25, 0.3) is 0 Å². The number of fused-ring (bicyclic) bond motifs is 1. The molecule has 0 spiro atoms. The van der Waals surface area contributed by atoms with E-state index in [0.29, 0.717) is 6.04 Å². The number of thioether (sulfide) groups is 1. The second-order valence-electron chi connectivity index (χ2n) is 4.20. The van der Waals surface area contributed by atoms with E-state index in [9.17, 15) is 0 Å². The first-order chi connectivity index (χ1) is 7.83. The SMILES string of the molecule is CSCCCNC1CCc2c(Br)cccc21. The van der Waals surface area contributed by atoms with Crippen molar-refractivity contribution in [2.75, 3.05) is 18.6 Å². The lowest BCUT2D eigenvalue weighted by Gasteiger charge is -2.13. The molecule has 16 heavy (non-hydrogen) atoms. The maximum atomic E-state index is 3.67. The van der Waals surface area contributed by atoms with Gasteiger partial charge in [-0.2, -0.15) is 11.8 Å². The van der Waals surface area contributed by atoms with E-state index in [1.54, 1.807) is 0 Å². The largest absolute Gasteiger partial charge is 0.310 e. The number of nitrogens with one attached hydrogen (secondary N) is 1. The third-order valence-corrected chi connectivity index (χ3v) is 4.57. The Morgan fingerprint density at radius 3 is 3.19 bits per heavy atom. The van der Waals surface area contributed by atoms with Crippen LogP contribution >= 0.6 is 27.7 Å². The van der Waals surface area contributed by atoms with Crippen LogP contribution in [0.4, 0.5) is 0 Å². The predicted octanol–water partition coefficient (Wildman–Crippen LogP) is 3.78. The van der Waals surface area contributed by atoms with Crippen LogP contribution in [0.1, 0.15) is 30.0 Å². The number of halogens is 1. The molecule has 1 atom stereocenters. The molecule has 0 saturated carbocycles. The van der Waals surface area contributed by atoms with E-state index >= 15 is 0 Å². The van der Waals surface area contributed by atoms with Crippen molar-refractivity contribution in [1.29, 1.82) is 0 Å². The molecule has 2 rings (SSSR count). The molecule has 88 valence electrons. The van der Waals surface area contributed by atoms with E-state index in [1.165, 1.54) is 40.6 Å². The smallest absolute Gasteiger partial charge is 0.0326 e. The van der Waals surface area contributed by atoms with Crippen LogP contribution in [0.15, 0.2) is 22.7 Å². The van der Waals surface area contributed by atoms with Crippen molar-refractivity contribution in [1.82, 2.24) is 5.32 Å². The van der Waals surface area contributed by atoms with Gasteiger partial charge < -0.3 is 5.32 Å². The van der Waals surface area contributed by atoms with Gasteiger partial charge in [0.2, 0.25) is 0 Å². The van der Waals surface area contributed by atoms with Crippen molar-refractivity contribution in [2.24, 2.45) is 0 Å². The van der Waals surface area contributed by atoms with Gasteiger partial charge in [-0.05, 0) is 55.0 Å². The first-order valence-electron chi connectivity index (χ1n) is 5.82. The first kappa shape index (κ1) is 12.5. The van der Waals surface area contributed by atoms with Gasteiger partial charge in [-0.25, -0.2) is 0 Å². The molecule has 0 bridgehead atoms. The summed E-state index contributed by atoms with van der Waals surface area (Å²) >= 11 is 5.56. The molecule has 3 heteroatoms. The summed E-state index contributed by atoms with van der Waals surface area (Å²) in [6.07, 6.45) is 5.89. The molecule has 1 aliphatic rings. The molecule has 0 radical (unpaired) electrons. The van der Waals surface area contributed by atoms with E-state index in [0.717, 1.165) is 6.54 Å². The van der Waals surface area contributed by atoms with Gasteiger partial charge >= 0.3 is 0 Å². The van der Waals surface area contributed by atoms with E-state index in [2.05, 4.69) is 45.7 Å². The minimum atomic E-state index is 0.578. The highest BCUT2D eigenvalue weighted by atomic mass is 79.9. The van der Waals surface area contributed by atoms with Crippen molar-refractivity contribution < 1.29 is 0 Å². The summed E-state index contributed by atoms with van der Waals surface area (Å²) < 4.78 is 1.28. The second-order valence-corrected chi connectivity index (χ2v) is 6.04. The highest BCUT2D eigenvalue weighted by Crippen LogP contribution is 2.35. The monoisotopic (exact) mass is 299 g/mol. The van der Waals surface area contributed by atoms with Crippen molar-refractivity contribution in [3.8, 4) is 0 Å². The molecule has 0 saturated heterocycles. The molecule has 1 aromatic carbocycles. The van der Waals surface area contributed by atoms with Crippen LogP contribution in [0.2, 0.25) is 0 Å². The van der Waals surface area contributed by atoms with Crippen LogP contribution < -0.4 is 5.32 Å². The standard InChI is InChI=1S/C13H18BrNS/c1-16-9-3-8-15-13-7-6-10-11(13)4-2-5-12(10)14/h2,4-5,13,15H,3,6-9H2,1H3.